The predicted molar refractivity (Wildman–Crippen MR) is 234 cm³/mol. The zero-order chi connectivity index (χ0) is 39.0. The van der Waals surface area contributed by atoms with Crippen LogP contribution in [0, 0.1) is 53.3 Å². The van der Waals surface area contributed by atoms with Crippen LogP contribution in [-0.4, -0.2) is 31.3 Å². The molecule has 6 unspecified atom stereocenters. The minimum absolute atomic E-state index is 0.289. The lowest BCUT2D eigenvalue weighted by Crippen LogP contribution is -2.13. The Hall–Kier alpha value is -0.370. The minimum atomic E-state index is 0.289. The van der Waals surface area contributed by atoms with E-state index in [0.29, 0.717) is 0 Å². The lowest BCUT2D eigenvalue weighted by molar-refractivity contribution is -0.117. The van der Waals surface area contributed by atoms with Gasteiger partial charge in [-0.25, -0.2) is 0 Å². The number of hydrogen-bond donors (Lipinski definition) is 0. The lowest BCUT2D eigenvalue weighted by Gasteiger charge is -2.19. The molecule has 0 spiro atoms. The lowest BCUT2D eigenvalue weighted by atomic mass is 9.87. The maximum atomic E-state index is 10.4. The van der Waals surface area contributed by atoms with Crippen LogP contribution in [-0.2, 0) is 4.79 Å². The Labute approximate surface area is 325 Å². The molecule has 308 valence electrons. The Morgan fingerprint density at radius 1 is 0.353 bits per heavy atom. The maximum Gasteiger partial charge on any atom is 0.129 e. The molecule has 0 saturated heterocycles. The molecule has 0 aromatic rings. The highest BCUT2D eigenvalue weighted by Gasteiger charge is 2.12. The van der Waals surface area contributed by atoms with Crippen LogP contribution in [0.3, 0.4) is 0 Å². The third-order valence-corrected chi connectivity index (χ3v) is 12.0. The number of hydrogen-bond acceptors (Lipinski definition) is 2. The van der Waals surface area contributed by atoms with E-state index < -0.39 is 0 Å². The van der Waals surface area contributed by atoms with Gasteiger partial charge < -0.3 is 9.69 Å². The molecule has 0 amide bonds. The summed E-state index contributed by atoms with van der Waals surface area (Å²) in [5, 5.41) is 0. The summed E-state index contributed by atoms with van der Waals surface area (Å²) in [5.41, 5.74) is 0. The first kappa shape index (κ1) is 52.7. The molecule has 0 aromatic heterocycles. The zero-order valence-corrected chi connectivity index (χ0v) is 38.2. The summed E-state index contributed by atoms with van der Waals surface area (Å²) in [5.74, 6) is 8.51. The van der Waals surface area contributed by atoms with Gasteiger partial charge in [-0.15, -0.1) is 0 Å². The molecule has 0 heterocycles. The molecule has 0 aliphatic rings. The third-order valence-electron chi connectivity index (χ3n) is 12.0. The predicted octanol–water partition coefficient (Wildman–Crippen LogP) is 16.3. The molecule has 0 aliphatic heterocycles. The van der Waals surface area contributed by atoms with Crippen molar-refractivity contribution >= 4 is 5.78 Å². The van der Waals surface area contributed by atoms with Crippen LogP contribution in [0.5, 0.6) is 0 Å². The van der Waals surface area contributed by atoms with Gasteiger partial charge in [-0.3, -0.25) is 0 Å². The van der Waals surface area contributed by atoms with E-state index >= 15 is 0 Å². The number of ketones is 1. The van der Waals surface area contributed by atoms with E-state index in [1.54, 1.807) is 6.92 Å². The van der Waals surface area contributed by atoms with E-state index in [4.69, 9.17) is 0 Å². The highest BCUT2D eigenvalue weighted by Crippen LogP contribution is 2.27. The van der Waals surface area contributed by atoms with E-state index in [0.717, 1.165) is 72.6 Å². The molecule has 2 heteroatoms. The van der Waals surface area contributed by atoms with Gasteiger partial charge in [0.05, 0.1) is 0 Å². The van der Waals surface area contributed by atoms with Gasteiger partial charge in [0, 0.05) is 6.42 Å². The van der Waals surface area contributed by atoms with Gasteiger partial charge in [0.15, 0.2) is 0 Å². The van der Waals surface area contributed by atoms with Gasteiger partial charge in [-0.2, -0.15) is 0 Å². The molecule has 6 atom stereocenters. The fourth-order valence-corrected chi connectivity index (χ4v) is 7.80. The number of carbonyl (C=O) groups excluding carboxylic acids is 1. The van der Waals surface area contributed by atoms with Crippen LogP contribution in [0.4, 0.5) is 0 Å². The molecule has 51 heavy (non-hydrogen) atoms. The van der Waals surface area contributed by atoms with Crippen molar-refractivity contribution in [2.45, 2.75) is 237 Å². The van der Waals surface area contributed by atoms with Crippen LogP contribution >= 0.6 is 0 Å². The topological polar surface area (TPSA) is 20.3 Å². The zero-order valence-electron chi connectivity index (χ0n) is 38.2. The smallest absolute Gasteiger partial charge is 0.129 e. The summed E-state index contributed by atoms with van der Waals surface area (Å²) in [7, 11) is 4.03. The van der Waals surface area contributed by atoms with Crippen molar-refractivity contribution in [3.63, 3.8) is 0 Å². The highest BCUT2D eigenvalue weighted by molar-refractivity contribution is 5.75. The summed E-state index contributed by atoms with van der Waals surface area (Å²) >= 11 is 0. The van der Waals surface area contributed by atoms with Crippen molar-refractivity contribution in [2.75, 3.05) is 20.6 Å². The average molecular weight is 720 g/mol. The fourth-order valence-electron chi connectivity index (χ4n) is 7.80. The molecule has 0 N–H and O–H groups in total. The van der Waals surface area contributed by atoms with E-state index in [1.807, 2.05) is 14.1 Å². The van der Waals surface area contributed by atoms with Crippen LogP contribution in [0.25, 0.3) is 0 Å². The van der Waals surface area contributed by atoms with Crippen molar-refractivity contribution in [3.8, 4) is 0 Å². The standard InChI is InChI=1S/C42H86.C7H15NO/c1-34(2)18-12-20-36(5)22-14-24-38(7)26-16-28-40(9)30-32-42(11)33-31-41(10)29-17-27-39(8)25-15-23-37(6)21-13-19-35(3)4;1-7(9)5-4-6-8(2)3/h34-42H,12-33H2,1-11H3;4-6H2,1-3H3. The molecule has 0 aliphatic carbocycles. The molecule has 0 aromatic carbocycles. The van der Waals surface area contributed by atoms with Crippen LogP contribution in [0.2, 0.25) is 0 Å². The van der Waals surface area contributed by atoms with E-state index in [1.165, 1.54) is 141 Å². The number of nitrogens with zero attached hydrogens (tertiary/aromatic N) is 1. The molecule has 0 saturated carbocycles. The SMILES string of the molecule is CC(=O)CCCN(C)C.CC(C)CCCC(C)CCCC(C)CCCC(C)CCC(C)CCC(C)CCCC(C)CCCC(C)CCCC(C)C. The Bertz CT molecular complexity index is 680. The maximum absolute atomic E-state index is 10.4. The number of Topliss-reactive ketones (excluding diaryl/α,β-unsaturated/α-hetero) is 1. The van der Waals surface area contributed by atoms with Gasteiger partial charge in [0.25, 0.3) is 0 Å². The Morgan fingerprint density at radius 3 is 0.784 bits per heavy atom. The van der Waals surface area contributed by atoms with E-state index in [-0.39, 0.29) is 5.78 Å². The molecule has 0 radical (unpaired) electrons. The average Bonchev–Trinajstić information content (AvgIpc) is 3.02. The normalized spacial score (nSPS) is 16.1. The van der Waals surface area contributed by atoms with Gasteiger partial charge in [-0.05, 0) is 87.2 Å². The summed E-state index contributed by atoms with van der Waals surface area (Å²) < 4.78 is 0. The summed E-state index contributed by atoms with van der Waals surface area (Å²) in [4.78, 5) is 12.5. The van der Waals surface area contributed by atoms with Gasteiger partial charge in [0.2, 0.25) is 0 Å². The van der Waals surface area contributed by atoms with E-state index in [9.17, 15) is 4.79 Å². The highest BCUT2D eigenvalue weighted by atomic mass is 16.1. The molecule has 2 nitrogen and oxygen atoms in total. The Balaban J connectivity index is 0. The summed E-state index contributed by atoms with van der Waals surface area (Å²) in [6.45, 7) is 29.6. The Morgan fingerprint density at radius 2 is 0.569 bits per heavy atom. The van der Waals surface area contributed by atoms with Crippen molar-refractivity contribution in [3.05, 3.63) is 0 Å². The van der Waals surface area contributed by atoms with Crippen molar-refractivity contribution in [1.29, 1.82) is 0 Å². The second-order valence-electron chi connectivity index (χ2n) is 19.9. The Kier molecular flexibility index (Phi) is 36.5. The van der Waals surface area contributed by atoms with Gasteiger partial charge >= 0.3 is 0 Å². The summed E-state index contributed by atoms with van der Waals surface area (Å²) in [6.07, 6.45) is 33.5. The number of carbonyl (C=O) groups is 1. The largest absolute Gasteiger partial charge is 0.309 e. The molecular formula is C49H101NO. The molecule has 0 rings (SSSR count). The molecule has 0 fully saturated rings. The quantitative estimate of drug-likeness (QED) is 0.0660. The van der Waals surface area contributed by atoms with Crippen molar-refractivity contribution in [1.82, 2.24) is 4.90 Å². The van der Waals surface area contributed by atoms with Gasteiger partial charge in [-0.1, -0.05) is 217 Å². The van der Waals surface area contributed by atoms with Crippen LogP contribution in [0.1, 0.15) is 237 Å². The number of rotatable bonds is 34. The second kappa shape index (κ2) is 35.3. The van der Waals surface area contributed by atoms with Gasteiger partial charge in [0.1, 0.15) is 5.78 Å². The fraction of sp³-hybridized carbons (Fsp3) is 0.980. The van der Waals surface area contributed by atoms with Crippen molar-refractivity contribution in [2.24, 2.45) is 53.3 Å². The second-order valence-corrected chi connectivity index (χ2v) is 19.9. The first-order chi connectivity index (χ1) is 24.0. The minimum Gasteiger partial charge on any atom is -0.309 e. The van der Waals surface area contributed by atoms with Crippen molar-refractivity contribution < 1.29 is 4.79 Å². The molecular weight excluding hydrogens is 619 g/mol. The third kappa shape index (κ3) is 42.2. The van der Waals surface area contributed by atoms with Crippen LogP contribution in [0.15, 0.2) is 0 Å². The monoisotopic (exact) mass is 720 g/mol. The molecule has 0 bridgehead atoms. The first-order valence-corrected chi connectivity index (χ1v) is 23.2. The summed E-state index contributed by atoms with van der Waals surface area (Å²) in [6, 6.07) is 0. The van der Waals surface area contributed by atoms with Crippen LogP contribution < -0.4 is 0 Å². The van der Waals surface area contributed by atoms with E-state index in [2.05, 4.69) is 81.1 Å². The first-order valence-electron chi connectivity index (χ1n) is 23.2.